The van der Waals surface area contributed by atoms with E-state index in [1.54, 1.807) is 12.1 Å². The van der Waals surface area contributed by atoms with Crippen LogP contribution in [0.15, 0.2) is 136 Å². The first-order valence-electron chi connectivity index (χ1n) is 17.9. The van der Waals surface area contributed by atoms with E-state index >= 15 is 0 Å². The van der Waals surface area contributed by atoms with E-state index in [0.717, 1.165) is 67.1 Å². The molecule has 0 bridgehead atoms. The zero-order valence-electron chi connectivity index (χ0n) is 28.9. The lowest BCUT2D eigenvalue weighted by Gasteiger charge is -2.27. The van der Waals surface area contributed by atoms with Crippen LogP contribution in [0.2, 0.25) is 0 Å². The van der Waals surface area contributed by atoms with E-state index in [0.29, 0.717) is 22.7 Å². The maximum Gasteiger partial charge on any atom is 0.180 e. The zero-order valence-corrected chi connectivity index (χ0v) is 28.9. The Kier molecular flexibility index (Phi) is 6.71. The molecule has 52 heavy (non-hydrogen) atoms. The molecule has 0 radical (unpaired) electrons. The van der Waals surface area contributed by atoms with Crippen LogP contribution < -0.4 is 0 Å². The number of benzene rings is 6. The van der Waals surface area contributed by atoms with Gasteiger partial charge in [0.15, 0.2) is 11.4 Å². The quantitative estimate of drug-likeness (QED) is 0.176. The third-order valence-corrected chi connectivity index (χ3v) is 11.0. The van der Waals surface area contributed by atoms with E-state index in [2.05, 4.69) is 98.8 Å². The summed E-state index contributed by atoms with van der Waals surface area (Å²) in [5.74, 6) is 0.564. The van der Waals surface area contributed by atoms with Crippen LogP contribution in [0.3, 0.4) is 0 Å². The molecule has 6 aromatic carbocycles. The Bertz CT molecular complexity index is 2930. The smallest absolute Gasteiger partial charge is 0.180 e. The van der Waals surface area contributed by atoms with Crippen LogP contribution in [0.4, 0.5) is 0 Å². The van der Waals surface area contributed by atoms with Gasteiger partial charge in [0.25, 0.3) is 0 Å². The largest absolute Gasteiger partial charge is 0.455 e. The molecule has 3 heterocycles. The van der Waals surface area contributed by atoms with Crippen molar-refractivity contribution in [3.05, 3.63) is 144 Å². The average molecular weight is 672 g/mol. The van der Waals surface area contributed by atoms with Crippen molar-refractivity contribution in [2.75, 3.05) is 0 Å². The van der Waals surface area contributed by atoms with Gasteiger partial charge in [0.05, 0.1) is 11.6 Å². The predicted octanol–water partition coefficient (Wildman–Crippen LogP) is 12.6. The number of para-hydroxylation sites is 2. The topological polar surface area (TPSA) is 75.8 Å². The molecule has 1 aliphatic carbocycles. The SMILES string of the molecule is CCCCC1(C)c2ccccc2-c2cc(-c3cccc4c3oc3cc(-c5nc(-c6ccc(C#N)cc6)nc6c5oc5ccccc56)ccc34)ccc21. The lowest BCUT2D eigenvalue weighted by molar-refractivity contribution is 0.504. The third-order valence-electron chi connectivity index (χ3n) is 11.0. The van der Waals surface area contributed by atoms with E-state index < -0.39 is 0 Å². The van der Waals surface area contributed by atoms with Gasteiger partial charge in [-0.25, -0.2) is 9.97 Å². The van der Waals surface area contributed by atoms with Gasteiger partial charge in [0, 0.05) is 38.3 Å². The Balaban J connectivity index is 1.13. The van der Waals surface area contributed by atoms with Gasteiger partial charge < -0.3 is 8.83 Å². The fraction of sp³-hybridized carbons (Fsp3) is 0.128. The molecule has 5 nitrogen and oxygen atoms in total. The van der Waals surface area contributed by atoms with E-state index in [4.69, 9.17) is 18.8 Å². The molecule has 0 fully saturated rings. The average Bonchev–Trinajstić information content (AvgIpc) is 3.84. The molecule has 0 amide bonds. The second-order valence-electron chi connectivity index (χ2n) is 14.1. The van der Waals surface area contributed by atoms with Crippen LogP contribution in [-0.4, -0.2) is 9.97 Å². The molecule has 0 saturated carbocycles. The number of fused-ring (bicyclic) bond motifs is 9. The number of rotatable bonds is 6. The van der Waals surface area contributed by atoms with Crippen LogP contribution in [0.5, 0.6) is 0 Å². The number of aromatic nitrogens is 2. The monoisotopic (exact) mass is 671 g/mol. The molecule has 1 atom stereocenters. The lowest BCUT2D eigenvalue weighted by atomic mass is 9.76. The van der Waals surface area contributed by atoms with Crippen LogP contribution in [0.25, 0.3) is 88.9 Å². The van der Waals surface area contributed by atoms with Gasteiger partial charge in [-0.2, -0.15) is 5.26 Å². The fourth-order valence-corrected chi connectivity index (χ4v) is 8.34. The van der Waals surface area contributed by atoms with Crippen LogP contribution in [-0.2, 0) is 5.41 Å². The molecule has 0 aliphatic heterocycles. The van der Waals surface area contributed by atoms with Gasteiger partial charge in [0.1, 0.15) is 28.0 Å². The lowest BCUT2D eigenvalue weighted by Crippen LogP contribution is -2.20. The molecule has 1 aliphatic rings. The van der Waals surface area contributed by atoms with Gasteiger partial charge in [0.2, 0.25) is 0 Å². The maximum atomic E-state index is 9.36. The Hall–Kier alpha value is -6.51. The fourth-order valence-electron chi connectivity index (χ4n) is 8.34. The summed E-state index contributed by atoms with van der Waals surface area (Å²) in [5.41, 5.74) is 14.4. The summed E-state index contributed by atoms with van der Waals surface area (Å²) < 4.78 is 13.2. The second-order valence-corrected chi connectivity index (χ2v) is 14.1. The molecule has 0 spiro atoms. The van der Waals surface area contributed by atoms with Gasteiger partial charge in [-0.05, 0) is 88.8 Å². The first-order chi connectivity index (χ1) is 25.5. The molecular weight excluding hydrogens is 639 g/mol. The minimum atomic E-state index is 0.00838. The first-order valence-corrected chi connectivity index (χ1v) is 17.9. The number of nitrogens with zero attached hydrogens (tertiary/aromatic N) is 3. The van der Waals surface area contributed by atoms with E-state index in [-0.39, 0.29) is 5.41 Å². The minimum absolute atomic E-state index is 0.00838. The highest BCUT2D eigenvalue weighted by Crippen LogP contribution is 2.52. The normalized spacial score (nSPS) is 15.0. The van der Waals surface area contributed by atoms with Gasteiger partial charge in [-0.15, -0.1) is 0 Å². The van der Waals surface area contributed by atoms with Crippen molar-refractivity contribution >= 4 is 44.0 Å². The van der Waals surface area contributed by atoms with Crippen molar-refractivity contribution in [3.63, 3.8) is 0 Å². The summed E-state index contributed by atoms with van der Waals surface area (Å²) in [6.07, 6.45) is 3.51. The standard InChI is InChI=1S/C47H33N3O2/c1-3-4-24-47(2)38-14-7-5-10-33(38)37-25-30(21-23-39(37)47)32-12-9-13-35-34-22-20-31(26-41(34)52-44(32)35)42-45-43(36-11-6-8-15-40(36)51-45)50-46(49-42)29-18-16-28(27-48)17-19-29/h5-23,25-26H,3-4,24H2,1-2H3. The summed E-state index contributed by atoms with van der Waals surface area (Å²) in [6, 6.07) is 46.1. The Morgan fingerprint density at radius 1 is 0.615 bits per heavy atom. The molecule has 0 N–H and O–H groups in total. The van der Waals surface area contributed by atoms with Crippen molar-refractivity contribution in [2.24, 2.45) is 0 Å². The molecule has 10 rings (SSSR count). The van der Waals surface area contributed by atoms with Gasteiger partial charge in [-0.3, -0.25) is 0 Å². The van der Waals surface area contributed by atoms with Crippen molar-refractivity contribution in [2.45, 2.75) is 38.5 Å². The van der Waals surface area contributed by atoms with Crippen molar-refractivity contribution in [1.29, 1.82) is 5.26 Å². The number of hydrogen-bond donors (Lipinski definition) is 0. The van der Waals surface area contributed by atoms with Crippen LogP contribution in [0, 0.1) is 11.3 Å². The molecule has 9 aromatic rings. The van der Waals surface area contributed by atoms with Crippen molar-refractivity contribution < 1.29 is 8.83 Å². The predicted molar refractivity (Wildman–Crippen MR) is 209 cm³/mol. The minimum Gasteiger partial charge on any atom is -0.455 e. The Labute approximate surface area is 300 Å². The number of unbranched alkanes of at least 4 members (excludes halogenated alkanes) is 1. The molecule has 1 unspecified atom stereocenters. The van der Waals surface area contributed by atoms with Gasteiger partial charge >= 0.3 is 0 Å². The van der Waals surface area contributed by atoms with Crippen molar-refractivity contribution in [3.8, 4) is 51.0 Å². The summed E-state index contributed by atoms with van der Waals surface area (Å²) in [5, 5.41) is 12.4. The summed E-state index contributed by atoms with van der Waals surface area (Å²) in [4.78, 5) is 10.0. The molecule has 5 heteroatoms. The van der Waals surface area contributed by atoms with E-state index in [9.17, 15) is 5.26 Å². The number of furan rings is 2. The molecular formula is C47H33N3O2. The van der Waals surface area contributed by atoms with E-state index in [1.165, 1.54) is 35.1 Å². The van der Waals surface area contributed by atoms with E-state index in [1.807, 2.05) is 36.4 Å². The molecule has 248 valence electrons. The van der Waals surface area contributed by atoms with Crippen LogP contribution >= 0.6 is 0 Å². The summed E-state index contributed by atoms with van der Waals surface area (Å²) in [6.45, 7) is 4.68. The third kappa shape index (κ3) is 4.47. The van der Waals surface area contributed by atoms with Gasteiger partial charge in [-0.1, -0.05) is 99.5 Å². The summed E-state index contributed by atoms with van der Waals surface area (Å²) >= 11 is 0. The zero-order chi connectivity index (χ0) is 35.0. The Morgan fingerprint density at radius 2 is 1.35 bits per heavy atom. The molecule has 3 aromatic heterocycles. The first kappa shape index (κ1) is 30.3. The van der Waals surface area contributed by atoms with Crippen molar-refractivity contribution in [1.82, 2.24) is 9.97 Å². The highest BCUT2D eigenvalue weighted by Gasteiger charge is 2.38. The Morgan fingerprint density at radius 3 is 2.21 bits per heavy atom. The maximum absolute atomic E-state index is 9.36. The number of hydrogen-bond acceptors (Lipinski definition) is 5. The molecule has 0 saturated heterocycles. The van der Waals surface area contributed by atoms with Crippen LogP contribution in [0.1, 0.15) is 49.8 Å². The second kappa shape index (κ2) is 11.5. The highest BCUT2D eigenvalue weighted by molar-refractivity contribution is 6.12. The summed E-state index contributed by atoms with van der Waals surface area (Å²) in [7, 11) is 0. The number of nitriles is 1. The highest BCUT2D eigenvalue weighted by atomic mass is 16.3.